The SMILES string of the molecule is CC(=O)CCC(=O)N[C@@H](CNC(=O)[C@@](C)(Cc1c[nH]c2ccccc12)NC(=O)OC1C2CC3CC(C2)CC1C3)c1ccccc1. The van der Waals surface area contributed by atoms with Crippen LogP contribution in [0.1, 0.15) is 76.0 Å². The molecule has 9 heteroatoms. The third-order valence-electron chi connectivity index (χ3n) is 10.2. The Balaban J connectivity index is 1.19. The molecular formula is C36H44N4O5. The number of H-pyrrole nitrogens is 1. The first-order valence-electron chi connectivity index (χ1n) is 16.3. The molecule has 3 aromatic rings. The Kier molecular flexibility index (Phi) is 8.97. The topological polar surface area (TPSA) is 129 Å². The van der Waals surface area contributed by atoms with Crippen molar-refractivity contribution < 1.29 is 23.9 Å². The molecule has 4 fully saturated rings. The van der Waals surface area contributed by atoms with Gasteiger partial charge in [0.2, 0.25) is 11.8 Å². The third-order valence-corrected chi connectivity index (χ3v) is 10.2. The van der Waals surface area contributed by atoms with E-state index in [0.717, 1.165) is 59.5 Å². The third kappa shape index (κ3) is 7.08. The van der Waals surface area contributed by atoms with E-state index in [1.807, 2.05) is 60.8 Å². The van der Waals surface area contributed by atoms with Crippen molar-refractivity contribution in [2.24, 2.45) is 23.7 Å². The predicted molar refractivity (Wildman–Crippen MR) is 171 cm³/mol. The van der Waals surface area contributed by atoms with Crippen molar-refractivity contribution >= 4 is 34.6 Å². The highest BCUT2D eigenvalue weighted by molar-refractivity contribution is 5.91. The molecular weight excluding hydrogens is 568 g/mol. The van der Waals surface area contributed by atoms with Crippen molar-refractivity contribution in [3.05, 3.63) is 71.9 Å². The molecule has 4 saturated carbocycles. The lowest BCUT2D eigenvalue weighted by atomic mass is 9.55. The minimum atomic E-state index is -1.34. The van der Waals surface area contributed by atoms with Crippen LogP contribution in [-0.4, -0.2) is 46.9 Å². The van der Waals surface area contributed by atoms with E-state index in [9.17, 15) is 19.2 Å². The number of Topliss-reactive ketones (excluding diaryl/α,β-unsaturated/α-hetero) is 1. The highest BCUT2D eigenvalue weighted by atomic mass is 16.6. The summed E-state index contributed by atoms with van der Waals surface area (Å²) in [6.07, 6.45) is 7.47. The summed E-state index contributed by atoms with van der Waals surface area (Å²) < 4.78 is 6.15. The predicted octanol–water partition coefficient (Wildman–Crippen LogP) is 5.36. The highest BCUT2D eigenvalue weighted by Crippen LogP contribution is 2.54. The first-order valence-corrected chi connectivity index (χ1v) is 16.3. The van der Waals surface area contributed by atoms with Gasteiger partial charge in [0.05, 0.1) is 6.04 Å². The maximum Gasteiger partial charge on any atom is 0.408 e. The summed E-state index contributed by atoms with van der Waals surface area (Å²) in [4.78, 5) is 55.1. The van der Waals surface area contributed by atoms with Crippen LogP contribution in [-0.2, 0) is 25.5 Å². The lowest BCUT2D eigenvalue weighted by molar-refractivity contribution is -0.128. The van der Waals surface area contributed by atoms with Crippen molar-refractivity contribution in [3.8, 4) is 0 Å². The van der Waals surface area contributed by atoms with Gasteiger partial charge in [-0.25, -0.2) is 4.79 Å². The summed E-state index contributed by atoms with van der Waals surface area (Å²) in [6, 6.07) is 16.7. The molecule has 4 aliphatic carbocycles. The molecule has 238 valence electrons. The number of ether oxygens (including phenoxy) is 1. The van der Waals surface area contributed by atoms with E-state index in [2.05, 4.69) is 20.9 Å². The van der Waals surface area contributed by atoms with E-state index in [0.29, 0.717) is 11.8 Å². The van der Waals surface area contributed by atoms with Crippen molar-refractivity contribution in [2.45, 2.75) is 82.9 Å². The van der Waals surface area contributed by atoms with Crippen molar-refractivity contribution in [3.63, 3.8) is 0 Å². The quantitative estimate of drug-likeness (QED) is 0.219. The van der Waals surface area contributed by atoms with E-state index < -0.39 is 17.7 Å². The number of ketones is 1. The summed E-state index contributed by atoms with van der Waals surface area (Å²) in [5.41, 5.74) is 1.33. The number of aromatic nitrogens is 1. The first kappa shape index (κ1) is 30.9. The second-order valence-electron chi connectivity index (χ2n) is 13.7. The molecule has 0 saturated heterocycles. The Morgan fingerprint density at radius 3 is 2.27 bits per heavy atom. The van der Waals surface area contributed by atoms with E-state index in [4.69, 9.17) is 4.74 Å². The molecule has 0 unspecified atom stereocenters. The number of carbonyl (C=O) groups is 4. The van der Waals surface area contributed by atoms with Crippen LogP contribution in [0.15, 0.2) is 60.8 Å². The van der Waals surface area contributed by atoms with Gasteiger partial charge in [-0.3, -0.25) is 9.59 Å². The fourth-order valence-electron chi connectivity index (χ4n) is 8.17. The zero-order valence-electron chi connectivity index (χ0n) is 26.1. The Morgan fingerprint density at radius 2 is 1.58 bits per heavy atom. The van der Waals surface area contributed by atoms with Crippen LogP contribution in [0.25, 0.3) is 10.9 Å². The van der Waals surface area contributed by atoms with Gasteiger partial charge in [-0.15, -0.1) is 0 Å². The van der Waals surface area contributed by atoms with Gasteiger partial charge in [0.25, 0.3) is 0 Å². The summed E-state index contributed by atoms with van der Waals surface area (Å²) in [5.74, 6) is 1.61. The maximum atomic E-state index is 14.1. The maximum absolute atomic E-state index is 14.1. The Labute approximate surface area is 264 Å². The fraction of sp³-hybridized carbons (Fsp3) is 0.500. The van der Waals surface area contributed by atoms with E-state index in [1.165, 1.54) is 13.3 Å². The molecule has 1 heterocycles. The number of para-hydroxylation sites is 1. The van der Waals surface area contributed by atoms with Crippen LogP contribution in [0.5, 0.6) is 0 Å². The number of benzene rings is 2. The van der Waals surface area contributed by atoms with Crippen LogP contribution in [0.2, 0.25) is 0 Å². The van der Waals surface area contributed by atoms with Crippen molar-refractivity contribution in [2.75, 3.05) is 6.54 Å². The zero-order chi connectivity index (χ0) is 31.6. The molecule has 0 spiro atoms. The molecule has 45 heavy (non-hydrogen) atoms. The Morgan fingerprint density at radius 1 is 0.911 bits per heavy atom. The number of carbonyl (C=O) groups excluding carboxylic acids is 4. The van der Waals surface area contributed by atoms with Gasteiger partial charge in [-0.05, 0) is 86.8 Å². The average molecular weight is 613 g/mol. The zero-order valence-corrected chi connectivity index (χ0v) is 26.1. The monoisotopic (exact) mass is 612 g/mol. The second-order valence-corrected chi connectivity index (χ2v) is 13.7. The number of aromatic amines is 1. The van der Waals surface area contributed by atoms with Crippen LogP contribution in [0.4, 0.5) is 4.79 Å². The molecule has 3 amide bonds. The lowest BCUT2D eigenvalue weighted by Crippen LogP contribution is -2.60. The summed E-state index contributed by atoms with van der Waals surface area (Å²) in [5, 5.41) is 9.94. The molecule has 7 rings (SSSR count). The molecule has 4 bridgehead atoms. The second kappa shape index (κ2) is 13.1. The van der Waals surface area contributed by atoms with Gasteiger partial charge >= 0.3 is 6.09 Å². The first-order chi connectivity index (χ1) is 21.7. The largest absolute Gasteiger partial charge is 0.446 e. The molecule has 0 radical (unpaired) electrons. The number of alkyl carbamates (subject to hydrolysis) is 1. The number of hydrogen-bond acceptors (Lipinski definition) is 5. The van der Waals surface area contributed by atoms with E-state index in [-0.39, 0.29) is 49.5 Å². The number of fused-ring (bicyclic) bond motifs is 1. The highest BCUT2D eigenvalue weighted by Gasteiger charge is 2.50. The average Bonchev–Trinajstić information content (AvgIpc) is 3.42. The Bertz CT molecular complexity index is 1520. The van der Waals surface area contributed by atoms with Gasteiger partial charge in [0.1, 0.15) is 17.4 Å². The number of nitrogens with one attached hydrogen (secondary N) is 4. The normalized spacial score (nSPS) is 25.2. The van der Waals surface area contributed by atoms with Crippen molar-refractivity contribution in [1.82, 2.24) is 20.9 Å². The molecule has 2 atom stereocenters. The minimum absolute atomic E-state index is 0.0608. The molecule has 4 aliphatic rings. The Hall–Kier alpha value is -4.14. The summed E-state index contributed by atoms with van der Waals surface area (Å²) >= 11 is 0. The van der Waals surface area contributed by atoms with E-state index in [1.54, 1.807) is 6.92 Å². The lowest BCUT2D eigenvalue weighted by Gasteiger charge is -2.53. The van der Waals surface area contributed by atoms with Crippen LogP contribution >= 0.6 is 0 Å². The molecule has 0 aliphatic heterocycles. The molecule has 9 nitrogen and oxygen atoms in total. The number of hydrogen-bond donors (Lipinski definition) is 4. The van der Waals surface area contributed by atoms with Gasteiger partial charge in [0, 0.05) is 42.9 Å². The van der Waals surface area contributed by atoms with Crippen molar-refractivity contribution in [1.29, 1.82) is 0 Å². The molecule has 2 aromatic carbocycles. The number of amides is 3. The summed E-state index contributed by atoms with van der Waals surface area (Å²) in [7, 11) is 0. The van der Waals surface area contributed by atoms with Gasteiger partial charge in [0.15, 0.2) is 0 Å². The smallest absolute Gasteiger partial charge is 0.408 e. The van der Waals surface area contributed by atoms with Gasteiger partial charge in [-0.2, -0.15) is 0 Å². The molecule has 1 aromatic heterocycles. The van der Waals surface area contributed by atoms with Gasteiger partial charge in [-0.1, -0.05) is 48.5 Å². The minimum Gasteiger partial charge on any atom is -0.446 e. The van der Waals surface area contributed by atoms with Crippen LogP contribution in [0, 0.1) is 23.7 Å². The van der Waals surface area contributed by atoms with Crippen LogP contribution in [0.3, 0.4) is 0 Å². The fourth-order valence-corrected chi connectivity index (χ4v) is 8.17. The van der Waals surface area contributed by atoms with E-state index >= 15 is 0 Å². The standard InChI is InChI=1S/C36H44N4O5/c1-22(41)12-13-32(42)39-31(25-8-4-3-5-9-25)21-38-34(43)36(2,19-28-20-37-30-11-7-6-10-29(28)30)40-35(44)45-33-26-15-23-14-24(17-26)18-27(33)16-23/h3-11,20,23-24,26-27,31,33,37H,12-19,21H2,1-2H3,(H,38,43)(H,39,42)(H,40,44)/t23?,24?,26?,27?,31-,33?,36+/m0/s1. The van der Waals surface area contributed by atoms with Gasteiger partial charge < -0.3 is 30.5 Å². The molecule has 4 N–H and O–H groups in total. The summed E-state index contributed by atoms with van der Waals surface area (Å²) in [6.45, 7) is 3.29. The number of rotatable bonds is 12. The van der Waals surface area contributed by atoms with Crippen LogP contribution < -0.4 is 16.0 Å².